The van der Waals surface area contributed by atoms with Crippen molar-refractivity contribution in [1.82, 2.24) is 5.32 Å². The van der Waals surface area contributed by atoms with E-state index in [9.17, 15) is 9.59 Å². The van der Waals surface area contributed by atoms with Crippen molar-refractivity contribution in [3.05, 3.63) is 29.8 Å². The molecule has 1 unspecified atom stereocenters. The van der Waals surface area contributed by atoms with Crippen LogP contribution in [0, 0.1) is 5.41 Å². The molecule has 1 aromatic carbocycles. The van der Waals surface area contributed by atoms with E-state index in [1.54, 1.807) is 27.0 Å². The zero-order valence-electron chi connectivity index (χ0n) is 12.1. The van der Waals surface area contributed by atoms with Crippen LogP contribution in [0.4, 0.5) is 0 Å². The van der Waals surface area contributed by atoms with Crippen LogP contribution in [0.15, 0.2) is 24.3 Å². The molecule has 1 amide bonds. The van der Waals surface area contributed by atoms with E-state index in [2.05, 4.69) is 5.32 Å². The number of ether oxygens (including phenoxy) is 1. The second kappa shape index (κ2) is 6.93. The van der Waals surface area contributed by atoms with Gasteiger partial charge in [-0.25, -0.2) is 0 Å². The van der Waals surface area contributed by atoms with Gasteiger partial charge in [0.1, 0.15) is 5.75 Å². The smallest absolute Gasteiger partial charge is 0.311 e. The van der Waals surface area contributed by atoms with Crippen molar-refractivity contribution in [2.24, 2.45) is 5.41 Å². The lowest BCUT2D eigenvalue weighted by Crippen LogP contribution is -2.41. The largest absolute Gasteiger partial charge is 0.496 e. The van der Waals surface area contributed by atoms with Gasteiger partial charge in [0.2, 0.25) is 5.91 Å². The van der Waals surface area contributed by atoms with Crippen molar-refractivity contribution in [2.45, 2.75) is 26.7 Å². The number of hydrogen-bond donors (Lipinski definition) is 2. The number of amides is 1. The minimum atomic E-state index is -0.934. The fraction of sp³-hybridized carbons (Fsp3) is 0.467. The highest BCUT2D eigenvalue weighted by Gasteiger charge is 2.31. The van der Waals surface area contributed by atoms with Crippen LogP contribution in [0.3, 0.4) is 0 Å². The van der Waals surface area contributed by atoms with E-state index < -0.39 is 11.4 Å². The molecule has 0 spiro atoms. The third-order valence-electron chi connectivity index (χ3n) is 3.52. The Bertz CT molecular complexity index is 487. The molecule has 1 aromatic rings. The predicted octanol–water partition coefficient (Wildman–Crippen LogP) is 1.85. The van der Waals surface area contributed by atoms with Gasteiger partial charge in [0.05, 0.1) is 18.9 Å². The van der Waals surface area contributed by atoms with Crippen molar-refractivity contribution in [3.8, 4) is 5.75 Å². The first-order valence-corrected chi connectivity index (χ1v) is 6.55. The van der Waals surface area contributed by atoms with Gasteiger partial charge in [0.25, 0.3) is 0 Å². The summed E-state index contributed by atoms with van der Waals surface area (Å²) < 4.78 is 5.18. The molecule has 2 N–H and O–H groups in total. The van der Waals surface area contributed by atoms with Crippen molar-refractivity contribution < 1.29 is 19.4 Å². The van der Waals surface area contributed by atoms with Crippen LogP contribution in [0.1, 0.15) is 25.8 Å². The van der Waals surface area contributed by atoms with Gasteiger partial charge in [-0.3, -0.25) is 9.59 Å². The van der Waals surface area contributed by atoms with Gasteiger partial charge in [0, 0.05) is 12.1 Å². The average molecular weight is 279 g/mol. The van der Waals surface area contributed by atoms with Crippen LogP contribution in [0.2, 0.25) is 0 Å². The van der Waals surface area contributed by atoms with Crippen LogP contribution in [-0.2, 0) is 16.0 Å². The maximum absolute atomic E-state index is 11.9. The lowest BCUT2D eigenvalue weighted by Gasteiger charge is -2.23. The summed E-state index contributed by atoms with van der Waals surface area (Å²) in [5.41, 5.74) is -0.155. The molecule has 1 atom stereocenters. The summed E-state index contributed by atoms with van der Waals surface area (Å²) in [7, 11) is 1.55. The molecule has 0 saturated carbocycles. The molecule has 0 aliphatic heterocycles. The number of nitrogens with one attached hydrogen (secondary N) is 1. The molecule has 5 nitrogen and oxygen atoms in total. The van der Waals surface area contributed by atoms with E-state index in [1.165, 1.54) is 0 Å². The average Bonchev–Trinajstić information content (AvgIpc) is 2.45. The van der Waals surface area contributed by atoms with E-state index in [0.717, 1.165) is 5.56 Å². The molecular weight excluding hydrogens is 258 g/mol. The third-order valence-corrected chi connectivity index (χ3v) is 3.52. The molecule has 0 bridgehead atoms. The zero-order chi connectivity index (χ0) is 15.2. The number of hydrogen-bond acceptors (Lipinski definition) is 3. The summed E-state index contributed by atoms with van der Waals surface area (Å²) in [6, 6.07) is 7.27. The van der Waals surface area contributed by atoms with Gasteiger partial charge in [-0.05, 0) is 19.4 Å². The molecule has 0 heterocycles. The molecule has 0 aromatic heterocycles. The second-order valence-electron chi connectivity index (χ2n) is 4.98. The molecule has 110 valence electrons. The number of aliphatic carboxylic acids is 1. The summed E-state index contributed by atoms with van der Waals surface area (Å²) in [4.78, 5) is 23.1. The predicted molar refractivity (Wildman–Crippen MR) is 75.7 cm³/mol. The highest BCUT2D eigenvalue weighted by atomic mass is 16.5. The van der Waals surface area contributed by atoms with Gasteiger partial charge in [-0.2, -0.15) is 0 Å². The highest BCUT2D eigenvalue weighted by Crippen LogP contribution is 2.21. The van der Waals surface area contributed by atoms with Gasteiger partial charge < -0.3 is 15.2 Å². The Kier molecular flexibility index (Phi) is 5.55. The van der Waals surface area contributed by atoms with Crippen molar-refractivity contribution >= 4 is 11.9 Å². The topological polar surface area (TPSA) is 75.6 Å². The first kappa shape index (κ1) is 16.0. The number of rotatable bonds is 7. The van der Waals surface area contributed by atoms with E-state index in [1.807, 2.05) is 18.2 Å². The number of para-hydroxylation sites is 1. The number of carbonyl (C=O) groups is 2. The Hall–Kier alpha value is -2.04. The molecule has 0 aliphatic carbocycles. The Morgan fingerprint density at radius 3 is 2.55 bits per heavy atom. The molecule has 1 rings (SSSR count). The minimum Gasteiger partial charge on any atom is -0.496 e. The van der Waals surface area contributed by atoms with Gasteiger partial charge in [0.15, 0.2) is 0 Å². The van der Waals surface area contributed by atoms with Crippen molar-refractivity contribution in [3.63, 3.8) is 0 Å². The normalized spacial score (nSPS) is 13.3. The third kappa shape index (κ3) is 3.98. The Morgan fingerprint density at radius 1 is 1.35 bits per heavy atom. The Morgan fingerprint density at radius 2 is 2.00 bits per heavy atom. The number of carboxylic acid groups (broad SMARTS) is 1. The standard InChI is InChI=1S/C15H21NO4/c1-4-15(2,14(18)19)10-16-13(17)9-11-7-5-6-8-12(11)20-3/h5-8H,4,9-10H2,1-3H3,(H,16,17)(H,18,19). The van der Waals surface area contributed by atoms with Crippen molar-refractivity contribution in [2.75, 3.05) is 13.7 Å². The number of benzene rings is 1. The molecule has 0 radical (unpaired) electrons. The summed E-state index contributed by atoms with van der Waals surface area (Å²) in [5.74, 6) is -0.466. The van der Waals surface area contributed by atoms with Crippen LogP contribution < -0.4 is 10.1 Å². The van der Waals surface area contributed by atoms with E-state index in [4.69, 9.17) is 9.84 Å². The zero-order valence-corrected chi connectivity index (χ0v) is 12.1. The Balaban J connectivity index is 2.62. The minimum absolute atomic E-state index is 0.118. The Labute approximate surface area is 118 Å². The molecule has 0 aliphatic rings. The number of methoxy groups -OCH3 is 1. The van der Waals surface area contributed by atoms with Crippen LogP contribution in [0.25, 0.3) is 0 Å². The van der Waals surface area contributed by atoms with Gasteiger partial charge >= 0.3 is 5.97 Å². The quantitative estimate of drug-likeness (QED) is 0.798. The summed E-state index contributed by atoms with van der Waals surface area (Å²) in [6.45, 7) is 3.53. The number of carbonyl (C=O) groups excluding carboxylic acids is 1. The van der Waals surface area contributed by atoms with E-state index in [-0.39, 0.29) is 18.9 Å². The monoisotopic (exact) mass is 279 g/mol. The molecule has 0 fully saturated rings. The van der Waals surface area contributed by atoms with Crippen LogP contribution >= 0.6 is 0 Å². The van der Waals surface area contributed by atoms with Gasteiger partial charge in [-0.1, -0.05) is 25.1 Å². The van der Waals surface area contributed by atoms with Gasteiger partial charge in [-0.15, -0.1) is 0 Å². The van der Waals surface area contributed by atoms with Crippen LogP contribution in [0.5, 0.6) is 5.75 Å². The first-order chi connectivity index (χ1) is 9.42. The van der Waals surface area contributed by atoms with Crippen molar-refractivity contribution in [1.29, 1.82) is 0 Å². The highest BCUT2D eigenvalue weighted by molar-refractivity contribution is 5.81. The molecule has 0 saturated heterocycles. The SMILES string of the molecule is CCC(C)(CNC(=O)Cc1ccccc1OC)C(=O)O. The summed E-state index contributed by atoms with van der Waals surface area (Å²) in [6.07, 6.45) is 0.626. The fourth-order valence-corrected chi connectivity index (χ4v) is 1.73. The molecular formula is C15H21NO4. The van der Waals surface area contributed by atoms with Crippen LogP contribution in [-0.4, -0.2) is 30.6 Å². The van der Waals surface area contributed by atoms with E-state index in [0.29, 0.717) is 12.2 Å². The number of carboxylic acids is 1. The first-order valence-electron chi connectivity index (χ1n) is 6.55. The summed E-state index contributed by atoms with van der Waals surface area (Å²) >= 11 is 0. The lowest BCUT2D eigenvalue weighted by molar-refractivity contribution is -0.148. The maximum Gasteiger partial charge on any atom is 0.311 e. The molecule has 5 heteroatoms. The summed E-state index contributed by atoms with van der Waals surface area (Å²) in [5, 5.41) is 11.8. The fourth-order valence-electron chi connectivity index (χ4n) is 1.73. The second-order valence-corrected chi connectivity index (χ2v) is 4.98. The lowest BCUT2D eigenvalue weighted by atomic mass is 9.87. The van der Waals surface area contributed by atoms with E-state index >= 15 is 0 Å². The molecule has 20 heavy (non-hydrogen) atoms. The maximum atomic E-state index is 11.9.